The van der Waals surface area contributed by atoms with Gasteiger partial charge in [-0.15, -0.1) is 0 Å². The maximum Gasteiger partial charge on any atom is 0.407 e. The van der Waals surface area contributed by atoms with Crippen molar-refractivity contribution in [2.24, 2.45) is 0 Å². The van der Waals surface area contributed by atoms with Gasteiger partial charge in [-0.05, 0) is 30.3 Å². The van der Waals surface area contributed by atoms with Crippen LogP contribution in [0.25, 0.3) is 0 Å². The number of aromatic nitrogens is 1. The Labute approximate surface area is 172 Å². The van der Waals surface area contributed by atoms with Crippen LogP contribution in [0.4, 0.5) is 15.3 Å². The number of carbonyl (C=O) groups excluding carboxylic acids is 2. The number of urea groups is 1. The fourth-order valence-corrected chi connectivity index (χ4v) is 3.59. The number of benzene rings is 1. The molecule has 4 rings (SSSR count). The van der Waals surface area contributed by atoms with E-state index in [1.807, 2.05) is 0 Å². The maximum absolute atomic E-state index is 12.7. The number of hydrogen-bond acceptors (Lipinski definition) is 6. The van der Waals surface area contributed by atoms with Crippen LogP contribution in [-0.4, -0.2) is 77.3 Å². The number of anilines is 1. The predicted octanol–water partition coefficient (Wildman–Crippen LogP) is 2.26. The number of rotatable bonds is 4. The Balaban J connectivity index is 1.42. The largest absolute Gasteiger partial charge is 0.465 e. The van der Waals surface area contributed by atoms with Gasteiger partial charge < -0.3 is 24.4 Å². The van der Waals surface area contributed by atoms with Crippen molar-refractivity contribution in [3.05, 3.63) is 48.2 Å². The molecule has 2 saturated heterocycles. The Hall–Kier alpha value is -3.82. The van der Waals surface area contributed by atoms with E-state index in [1.165, 1.54) is 12.0 Å². The highest BCUT2D eigenvalue weighted by Crippen LogP contribution is 2.28. The summed E-state index contributed by atoms with van der Waals surface area (Å²) in [5, 5.41) is 9.18. The van der Waals surface area contributed by atoms with Gasteiger partial charge in [-0.25, -0.2) is 19.4 Å². The van der Waals surface area contributed by atoms with Crippen LogP contribution in [0, 0.1) is 0 Å². The second-order valence-electron chi connectivity index (χ2n) is 6.94. The number of esters is 1. The lowest BCUT2D eigenvalue weighted by atomic mass is 10.2. The molecule has 1 N–H and O–H groups in total. The van der Waals surface area contributed by atoms with E-state index in [9.17, 15) is 19.5 Å². The van der Waals surface area contributed by atoms with Gasteiger partial charge in [-0.2, -0.15) is 0 Å². The minimum Gasteiger partial charge on any atom is -0.465 e. The molecule has 10 nitrogen and oxygen atoms in total. The zero-order chi connectivity index (χ0) is 21.3. The van der Waals surface area contributed by atoms with E-state index in [0.29, 0.717) is 49.1 Å². The standard InChI is InChI=1S/C20H20N4O6/c1-29-18(25)13-2-5-16(6-3-13)30-17-7-4-14(10-21-17)24-12-15-11-22(20(27)28)8-9-23(15)19(24)26/h2-7,10,15H,8-9,11-12H2,1H3,(H,27,28). The summed E-state index contributed by atoms with van der Waals surface area (Å²) < 4.78 is 10.3. The van der Waals surface area contributed by atoms with E-state index in [2.05, 4.69) is 9.72 Å². The van der Waals surface area contributed by atoms with Gasteiger partial charge in [-0.1, -0.05) is 0 Å². The topological polar surface area (TPSA) is 113 Å². The number of hydrogen-bond donors (Lipinski definition) is 1. The molecule has 1 unspecified atom stereocenters. The lowest BCUT2D eigenvalue weighted by Crippen LogP contribution is -2.53. The second kappa shape index (κ2) is 7.90. The molecule has 0 bridgehead atoms. The van der Waals surface area contributed by atoms with Gasteiger partial charge >= 0.3 is 18.1 Å². The minimum absolute atomic E-state index is 0.154. The summed E-state index contributed by atoms with van der Waals surface area (Å²) in [6, 6.07) is 9.51. The molecule has 3 heterocycles. The average Bonchev–Trinajstić information content (AvgIpc) is 3.10. The first-order valence-corrected chi connectivity index (χ1v) is 9.34. The van der Waals surface area contributed by atoms with Crippen molar-refractivity contribution in [3.8, 4) is 11.6 Å². The number of ether oxygens (including phenoxy) is 2. The highest BCUT2D eigenvalue weighted by atomic mass is 16.5. The van der Waals surface area contributed by atoms with Crippen molar-refractivity contribution in [1.82, 2.24) is 14.8 Å². The number of pyridine rings is 1. The molecule has 2 aromatic rings. The summed E-state index contributed by atoms with van der Waals surface area (Å²) >= 11 is 0. The number of methoxy groups -OCH3 is 1. The van der Waals surface area contributed by atoms with Gasteiger partial charge in [-0.3, -0.25) is 4.90 Å². The van der Waals surface area contributed by atoms with E-state index in [-0.39, 0.29) is 12.1 Å². The van der Waals surface area contributed by atoms with E-state index in [4.69, 9.17) is 4.74 Å². The van der Waals surface area contributed by atoms with E-state index < -0.39 is 12.1 Å². The quantitative estimate of drug-likeness (QED) is 0.767. The summed E-state index contributed by atoms with van der Waals surface area (Å²) in [6.07, 6.45) is 0.576. The molecule has 2 aliphatic heterocycles. The van der Waals surface area contributed by atoms with E-state index in [0.717, 1.165) is 0 Å². The zero-order valence-electron chi connectivity index (χ0n) is 16.2. The molecule has 3 amide bonds. The molecule has 2 aliphatic rings. The fraction of sp³-hybridized carbons (Fsp3) is 0.300. The molecule has 1 atom stereocenters. The molecule has 0 radical (unpaired) electrons. The number of carbonyl (C=O) groups is 3. The lowest BCUT2D eigenvalue weighted by molar-refractivity contribution is 0.0600. The molecular formula is C20H20N4O6. The molecule has 10 heteroatoms. The molecule has 156 valence electrons. The van der Waals surface area contributed by atoms with Gasteiger partial charge in [0, 0.05) is 32.2 Å². The van der Waals surface area contributed by atoms with Gasteiger partial charge in [0.1, 0.15) is 5.75 Å². The van der Waals surface area contributed by atoms with Gasteiger partial charge in [0.2, 0.25) is 5.88 Å². The Kier molecular flexibility index (Phi) is 5.13. The summed E-state index contributed by atoms with van der Waals surface area (Å²) in [6.45, 7) is 1.39. The number of carboxylic acid groups (broad SMARTS) is 1. The van der Waals surface area contributed by atoms with Crippen LogP contribution < -0.4 is 9.64 Å². The van der Waals surface area contributed by atoms with Crippen molar-refractivity contribution in [1.29, 1.82) is 0 Å². The molecule has 30 heavy (non-hydrogen) atoms. The minimum atomic E-state index is -0.969. The van der Waals surface area contributed by atoms with Crippen LogP contribution in [0.2, 0.25) is 0 Å². The van der Waals surface area contributed by atoms with E-state index in [1.54, 1.807) is 52.4 Å². The predicted molar refractivity (Wildman–Crippen MR) is 105 cm³/mol. The first kappa shape index (κ1) is 19.5. The Morgan fingerprint density at radius 2 is 1.87 bits per heavy atom. The van der Waals surface area contributed by atoms with Crippen molar-refractivity contribution in [3.63, 3.8) is 0 Å². The first-order chi connectivity index (χ1) is 14.5. The van der Waals surface area contributed by atoms with Gasteiger partial charge in [0.05, 0.1) is 30.6 Å². The highest BCUT2D eigenvalue weighted by Gasteiger charge is 2.42. The van der Waals surface area contributed by atoms with Crippen molar-refractivity contribution < 1.29 is 29.0 Å². The van der Waals surface area contributed by atoms with Crippen LogP contribution in [-0.2, 0) is 4.74 Å². The molecular weight excluding hydrogens is 392 g/mol. The molecule has 0 spiro atoms. The fourth-order valence-electron chi connectivity index (χ4n) is 3.59. The molecule has 1 aromatic heterocycles. The van der Waals surface area contributed by atoms with Crippen molar-refractivity contribution in [2.75, 3.05) is 38.2 Å². The highest BCUT2D eigenvalue weighted by molar-refractivity contribution is 5.94. The lowest BCUT2D eigenvalue weighted by Gasteiger charge is -2.34. The molecule has 0 aliphatic carbocycles. The van der Waals surface area contributed by atoms with Crippen LogP contribution in [0.15, 0.2) is 42.6 Å². The molecule has 1 aromatic carbocycles. The summed E-state index contributed by atoms with van der Waals surface area (Å²) in [5.74, 6) is 0.416. The van der Waals surface area contributed by atoms with Crippen molar-refractivity contribution >= 4 is 23.8 Å². The molecule has 2 fully saturated rings. The van der Waals surface area contributed by atoms with Crippen LogP contribution in [0.3, 0.4) is 0 Å². The second-order valence-corrected chi connectivity index (χ2v) is 6.94. The Morgan fingerprint density at radius 3 is 2.50 bits per heavy atom. The van der Waals surface area contributed by atoms with Crippen LogP contribution >= 0.6 is 0 Å². The third kappa shape index (κ3) is 3.71. The molecule has 0 saturated carbocycles. The maximum atomic E-state index is 12.7. The third-order valence-corrected chi connectivity index (χ3v) is 5.15. The summed E-state index contributed by atoms with van der Waals surface area (Å²) in [4.78, 5) is 44.2. The number of amides is 3. The smallest absolute Gasteiger partial charge is 0.407 e. The van der Waals surface area contributed by atoms with E-state index >= 15 is 0 Å². The number of piperazine rings is 1. The Bertz CT molecular complexity index is 962. The summed E-state index contributed by atoms with van der Waals surface area (Å²) in [5.41, 5.74) is 1.03. The zero-order valence-corrected chi connectivity index (χ0v) is 16.2. The SMILES string of the molecule is COC(=O)c1ccc(Oc2ccc(N3CC4CN(C(=O)O)CCN4C3=O)cn2)cc1. The van der Waals surface area contributed by atoms with Crippen LogP contribution in [0.5, 0.6) is 11.6 Å². The Morgan fingerprint density at radius 1 is 1.10 bits per heavy atom. The van der Waals surface area contributed by atoms with Gasteiger partial charge in [0.25, 0.3) is 0 Å². The summed E-state index contributed by atoms with van der Waals surface area (Å²) in [7, 11) is 1.32. The first-order valence-electron chi connectivity index (χ1n) is 9.34. The third-order valence-electron chi connectivity index (χ3n) is 5.15. The number of fused-ring (bicyclic) bond motifs is 1. The average molecular weight is 412 g/mol. The van der Waals surface area contributed by atoms with Gasteiger partial charge in [0.15, 0.2) is 0 Å². The normalized spacial score (nSPS) is 18.2. The monoisotopic (exact) mass is 412 g/mol. The number of nitrogens with zero attached hydrogens (tertiary/aromatic N) is 4. The van der Waals surface area contributed by atoms with Crippen LogP contribution in [0.1, 0.15) is 10.4 Å². The van der Waals surface area contributed by atoms with Crippen molar-refractivity contribution in [2.45, 2.75) is 6.04 Å².